The maximum absolute atomic E-state index is 3.63. The van der Waals surface area contributed by atoms with E-state index in [1.807, 2.05) is 11.3 Å². The third kappa shape index (κ3) is 6.58. The summed E-state index contributed by atoms with van der Waals surface area (Å²) < 4.78 is 1.24. The lowest BCUT2D eigenvalue weighted by Crippen LogP contribution is -2.39. The molecule has 0 radical (unpaired) electrons. The van der Waals surface area contributed by atoms with Gasteiger partial charge >= 0.3 is 0 Å². The van der Waals surface area contributed by atoms with Crippen molar-refractivity contribution in [1.82, 2.24) is 5.32 Å². The molecule has 1 N–H and O–H groups in total. The topological polar surface area (TPSA) is 12.0 Å². The van der Waals surface area contributed by atoms with Crippen molar-refractivity contribution in [3.05, 3.63) is 20.8 Å². The van der Waals surface area contributed by atoms with Crippen LogP contribution in [0.25, 0.3) is 0 Å². The highest BCUT2D eigenvalue weighted by Gasteiger charge is 2.14. The van der Waals surface area contributed by atoms with Crippen molar-refractivity contribution in [3.8, 4) is 0 Å². The van der Waals surface area contributed by atoms with E-state index in [0.29, 0.717) is 0 Å². The summed E-state index contributed by atoms with van der Waals surface area (Å²) in [6, 6.07) is 4.40. The fraction of sp³-hybridized carbons (Fsp3) is 0.714. The third-order valence-corrected chi connectivity index (χ3v) is 4.38. The summed E-state index contributed by atoms with van der Waals surface area (Å²) in [5.41, 5.74) is 0.224. The molecule has 1 nitrogen and oxygen atoms in total. The average Bonchev–Trinajstić information content (AvgIpc) is 2.60. The molecule has 0 saturated heterocycles. The van der Waals surface area contributed by atoms with Gasteiger partial charge in [-0.05, 0) is 74.1 Å². The van der Waals surface area contributed by atoms with Crippen molar-refractivity contribution >= 4 is 27.3 Å². The smallest absolute Gasteiger partial charge is 0.0701 e. The zero-order chi connectivity index (χ0) is 12.9. The van der Waals surface area contributed by atoms with Crippen molar-refractivity contribution in [2.45, 2.75) is 52.5 Å². The fourth-order valence-corrected chi connectivity index (χ4v) is 3.48. The molecule has 17 heavy (non-hydrogen) atoms. The van der Waals surface area contributed by atoms with Crippen LogP contribution in [-0.2, 0) is 6.42 Å². The van der Waals surface area contributed by atoms with Crippen molar-refractivity contribution < 1.29 is 0 Å². The standard InChI is InChI=1S/C14H24BrNS/c1-5-6-11(10-16-14(2,3)4)9-12-7-8-13(15)17-12/h7-8,11,16H,5-6,9-10H2,1-4H3. The van der Waals surface area contributed by atoms with Gasteiger partial charge in [0.2, 0.25) is 0 Å². The molecule has 0 aromatic carbocycles. The molecule has 98 valence electrons. The van der Waals surface area contributed by atoms with Gasteiger partial charge in [-0.2, -0.15) is 0 Å². The second-order valence-electron chi connectivity index (χ2n) is 5.70. The summed E-state index contributed by atoms with van der Waals surface area (Å²) in [5.74, 6) is 0.754. The van der Waals surface area contributed by atoms with Crippen LogP contribution in [0.2, 0.25) is 0 Å². The lowest BCUT2D eigenvalue weighted by Gasteiger charge is -2.25. The molecule has 1 aromatic heterocycles. The Morgan fingerprint density at radius 3 is 2.53 bits per heavy atom. The molecule has 0 amide bonds. The zero-order valence-electron chi connectivity index (χ0n) is 11.3. The van der Waals surface area contributed by atoms with Crippen LogP contribution >= 0.6 is 27.3 Å². The highest BCUT2D eigenvalue weighted by Crippen LogP contribution is 2.25. The number of nitrogens with one attached hydrogen (secondary N) is 1. The predicted molar refractivity (Wildman–Crippen MR) is 81.9 cm³/mol. The molecule has 0 spiro atoms. The van der Waals surface area contributed by atoms with Gasteiger partial charge in [0.05, 0.1) is 3.79 Å². The second kappa shape index (κ2) is 6.91. The first-order valence-electron chi connectivity index (χ1n) is 6.40. The second-order valence-corrected chi connectivity index (χ2v) is 8.24. The molecule has 1 atom stereocenters. The SMILES string of the molecule is CCCC(CNC(C)(C)C)Cc1ccc(Br)s1. The molecule has 0 bridgehead atoms. The predicted octanol–water partition coefficient (Wildman–Crippen LogP) is 4.86. The summed E-state index contributed by atoms with van der Waals surface area (Å²) in [6.07, 6.45) is 3.77. The van der Waals surface area contributed by atoms with Gasteiger partial charge < -0.3 is 5.32 Å². The summed E-state index contributed by atoms with van der Waals surface area (Å²) >= 11 is 5.40. The highest BCUT2D eigenvalue weighted by atomic mass is 79.9. The van der Waals surface area contributed by atoms with Crippen molar-refractivity contribution in [2.24, 2.45) is 5.92 Å². The number of rotatable bonds is 6. The summed E-state index contributed by atoms with van der Waals surface area (Å²) in [7, 11) is 0. The van der Waals surface area contributed by atoms with E-state index in [9.17, 15) is 0 Å². The first kappa shape index (κ1) is 15.2. The summed E-state index contributed by atoms with van der Waals surface area (Å²) in [4.78, 5) is 1.49. The van der Waals surface area contributed by atoms with E-state index in [-0.39, 0.29) is 5.54 Å². The Kier molecular flexibility index (Phi) is 6.18. The Hall–Kier alpha value is 0.140. The lowest BCUT2D eigenvalue weighted by atomic mass is 9.97. The van der Waals surface area contributed by atoms with E-state index in [1.165, 1.54) is 27.9 Å². The van der Waals surface area contributed by atoms with Crippen molar-refractivity contribution in [3.63, 3.8) is 0 Å². The maximum atomic E-state index is 3.63. The van der Waals surface area contributed by atoms with Gasteiger partial charge in [0.15, 0.2) is 0 Å². The average molecular weight is 318 g/mol. The molecule has 3 heteroatoms. The van der Waals surface area contributed by atoms with Crippen molar-refractivity contribution in [2.75, 3.05) is 6.54 Å². The number of hydrogen-bond donors (Lipinski definition) is 1. The molecule has 0 fully saturated rings. The van der Waals surface area contributed by atoms with Crippen LogP contribution in [0.1, 0.15) is 45.4 Å². The van der Waals surface area contributed by atoms with Crippen LogP contribution < -0.4 is 5.32 Å². The minimum atomic E-state index is 0.224. The van der Waals surface area contributed by atoms with Crippen LogP contribution in [0.3, 0.4) is 0 Å². The van der Waals surface area contributed by atoms with Gasteiger partial charge in [-0.1, -0.05) is 13.3 Å². The molecular formula is C14H24BrNS. The van der Waals surface area contributed by atoms with Crippen LogP contribution in [0.5, 0.6) is 0 Å². The summed E-state index contributed by atoms with van der Waals surface area (Å²) in [6.45, 7) is 10.1. The van der Waals surface area contributed by atoms with Gasteiger partial charge in [0, 0.05) is 10.4 Å². The van der Waals surface area contributed by atoms with Crippen LogP contribution in [0.4, 0.5) is 0 Å². The summed E-state index contributed by atoms with van der Waals surface area (Å²) in [5, 5.41) is 3.63. The lowest BCUT2D eigenvalue weighted by molar-refractivity contribution is 0.356. The van der Waals surface area contributed by atoms with Crippen LogP contribution in [0.15, 0.2) is 15.9 Å². The Morgan fingerprint density at radius 2 is 2.06 bits per heavy atom. The first-order valence-corrected chi connectivity index (χ1v) is 8.01. The molecule has 0 aliphatic carbocycles. The molecule has 1 aromatic rings. The molecule has 0 saturated carbocycles. The van der Waals surface area contributed by atoms with Crippen molar-refractivity contribution in [1.29, 1.82) is 0 Å². The van der Waals surface area contributed by atoms with Gasteiger partial charge in [-0.25, -0.2) is 0 Å². The van der Waals surface area contributed by atoms with E-state index < -0.39 is 0 Å². The maximum Gasteiger partial charge on any atom is 0.0701 e. The van der Waals surface area contributed by atoms with Gasteiger partial charge in [0.25, 0.3) is 0 Å². The van der Waals surface area contributed by atoms with Gasteiger partial charge in [0.1, 0.15) is 0 Å². The number of halogens is 1. The molecule has 1 unspecified atom stereocenters. The monoisotopic (exact) mass is 317 g/mol. The molecule has 1 rings (SSSR count). The highest BCUT2D eigenvalue weighted by molar-refractivity contribution is 9.11. The Morgan fingerprint density at radius 1 is 1.35 bits per heavy atom. The normalized spacial score (nSPS) is 13.9. The van der Waals surface area contributed by atoms with Gasteiger partial charge in [-0.3, -0.25) is 0 Å². The quantitative estimate of drug-likeness (QED) is 0.790. The van der Waals surface area contributed by atoms with E-state index in [1.54, 1.807) is 0 Å². The molecular weight excluding hydrogens is 294 g/mol. The first-order chi connectivity index (χ1) is 7.90. The molecule has 0 aliphatic rings. The van der Waals surface area contributed by atoms with Crippen LogP contribution in [0, 0.1) is 5.92 Å². The largest absolute Gasteiger partial charge is 0.312 e. The Balaban J connectivity index is 2.48. The number of hydrogen-bond acceptors (Lipinski definition) is 2. The Bertz CT molecular complexity index is 327. The third-order valence-electron chi connectivity index (χ3n) is 2.74. The minimum absolute atomic E-state index is 0.224. The molecule has 1 heterocycles. The Labute approximate surface area is 118 Å². The van der Waals surface area contributed by atoms with E-state index >= 15 is 0 Å². The zero-order valence-corrected chi connectivity index (χ0v) is 13.7. The minimum Gasteiger partial charge on any atom is -0.312 e. The molecule has 0 aliphatic heterocycles. The number of thiophene rings is 1. The van der Waals surface area contributed by atoms with E-state index in [0.717, 1.165) is 12.5 Å². The van der Waals surface area contributed by atoms with E-state index in [2.05, 4.69) is 61.1 Å². The fourth-order valence-electron chi connectivity index (χ4n) is 1.88. The van der Waals surface area contributed by atoms with E-state index in [4.69, 9.17) is 0 Å². The van der Waals surface area contributed by atoms with Gasteiger partial charge in [-0.15, -0.1) is 11.3 Å². The van der Waals surface area contributed by atoms with Crippen LogP contribution in [-0.4, -0.2) is 12.1 Å².